The fourth-order valence-electron chi connectivity index (χ4n) is 3.57. The normalized spacial score (nSPS) is 15.3. The van der Waals surface area contributed by atoms with Gasteiger partial charge in [0, 0.05) is 23.8 Å². The maximum Gasteiger partial charge on any atom is 0.241 e. The van der Waals surface area contributed by atoms with Crippen LogP contribution in [0.4, 0.5) is 0 Å². The van der Waals surface area contributed by atoms with Gasteiger partial charge in [0.15, 0.2) is 0 Å². The van der Waals surface area contributed by atoms with Gasteiger partial charge in [-0.2, -0.15) is 16.7 Å². The summed E-state index contributed by atoms with van der Waals surface area (Å²) in [4.78, 5) is 19.2. The summed E-state index contributed by atoms with van der Waals surface area (Å²) in [6.45, 7) is 2.91. The van der Waals surface area contributed by atoms with E-state index in [2.05, 4.69) is 20.4 Å². The molecule has 0 saturated carbocycles. The molecule has 3 aromatic rings. The molecular formula is C22H25ClN4O3S. The zero-order valence-corrected chi connectivity index (χ0v) is 18.7. The molecule has 3 heterocycles. The van der Waals surface area contributed by atoms with Crippen molar-refractivity contribution in [2.75, 3.05) is 25.4 Å². The molecule has 4 rings (SSSR count). The van der Waals surface area contributed by atoms with Crippen LogP contribution in [0, 0.1) is 5.92 Å². The van der Waals surface area contributed by atoms with E-state index < -0.39 is 0 Å². The lowest BCUT2D eigenvalue weighted by Gasteiger charge is -2.30. The molecule has 164 valence electrons. The van der Waals surface area contributed by atoms with Crippen molar-refractivity contribution in [1.82, 2.24) is 20.4 Å². The van der Waals surface area contributed by atoms with E-state index in [-0.39, 0.29) is 11.8 Å². The smallest absolute Gasteiger partial charge is 0.241 e. The molecule has 1 aromatic carbocycles. The third-order valence-electron chi connectivity index (χ3n) is 5.27. The molecule has 1 saturated heterocycles. The fourth-order valence-corrected chi connectivity index (χ4v) is 4.55. The van der Waals surface area contributed by atoms with Crippen LogP contribution in [-0.4, -0.2) is 46.3 Å². The third-order valence-corrected chi connectivity index (χ3v) is 6.58. The first-order chi connectivity index (χ1) is 15.2. The Kier molecular flexibility index (Phi) is 7.66. The van der Waals surface area contributed by atoms with Gasteiger partial charge in [0.2, 0.25) is 17.6 Å². The van der Waals surface area contributed by atoms with Crippen LogP contribution in [0.2, 0.25) is 5.02 Å². The van der Waals surface area contributed by atoms with Gasteiger partial charge in [-0.25, -0.2) is 0 Å². The first kappa shape index (κ1) is 21.9. The molecule has 9 heteroatoms. The molecule has 7 nitrogen and oxygen atoms in total. The lowest BCUT2D eigenvalue weighted by atomic mass is 9.96. The van der Waals surface area contributed by atoms with Gasteiger partial charge in [0.1, 0.15) is 5.76 Å². The van der Waals surface area contributed by atoms with Crippen molar-refractivity contribution in [3.05, 3.63) is 59.3 Å². The molecule has 1 fully saturated rings. The van der Waals surface area contributed by atoms with E-state index >= 15 is 0 Å². The molecule has 0 aliphatic carbocycles. The molecule has 1 N–H and O–H groups in total. The number of thioether (sulfide) groups is 1. The number of furan rings is 1. The van der Waals surface area contributed by atoms with Gasteiger partial charge in [-0.1, -0.05) is 28.9 Å². The van der Waals surface area contributed by atoms with Crippen molar-refractivity contribution in [3.63, 3.8) is 0 Å². The Morgan fingerprint density at radius 1 is 1.23 bits per heavy atom. The van der Waals surface area contributed by atoms with Gasteiger partial charge in [-0.05, 0) is 50.2 Å². The number of hydrogen-bond donors (Lipinski definition) is 1. The Labute approximate surface area is 190 Å². The van der Waals surface area contributed by atoms with E-state index in [0.29, 0.717) is 29.8 Å². The van der Waals surface area contributed by atoms with Crippen LogP contribution >= 0.6 is 23.4 Å². The maximum absolute atomic E-state index is 12.4. The van der Waals surface area contributed by atoms with Crippen LogP contribution in [0.5, 0.6) is 0 Å². The third kappa shape index (κ3) is 6.12. The average Bonchev–Trinajstić information content (AvgIpc) is 3.47. The summed E-state index contributed by atoms with van der Waals surface area (Å²) in [5.74, 6) is 3.94. The highest BCUT2D eigenvalue weighted by atomic mass is 35.5. The van der Waals surface area contributed by atoms with Gasteiger partial charge < -0.3 is 14.3 Å². The van der Waals surface area contributed by atoms with Crippen molar-refractivity contribution in [2.45, 2.75) is 25.1 Å². The molecular weight excluding hydrogens is 436 g/mol. The Morgan fingerprint density at radius 3 is 2.84 bits per heavy atom. The van der Waals surface area contributed by atoms with Crippen LogP contribution in [0.25, 0.3) is 11.4 Å². The Balaban J connectivity index is 1.16. The number of rotatable bonds is 9. The molecule has 0 radical (unpaired) electrons. The van der Waals surface area contributed by atoms with E-state index in [9.17, 15) is 4.79 Å². The molecule has 1 amide bonds. The van der Waals surface area contributed by atoms with Gasteiger partial charge in [0.05, 0.1) is 23.6 Å². The van der Waals surface area contributed by atoms with Gasteiger partial charge in [-0.15, -0.1) is 0 Å². The van der Waals surface area contributed by atoms with Crippen LogP contribution in [0.15, 0.2) is 51.6 Å². The first-order valence-electron chi connectivity index (χ1n) is 10.4. The largest absolute Gasteiger partial charge is 0.468 e. The summed E-state index contributed by atoms with van der Waals surface area (Å²) in [6.07, 6.45) is 3.34. The second-order valence-corrected chi connectivity index (χ2v) is 8.98. The molecule has 31 heavy (non-hydrogen) atoms. The molecule has 0 atom stereocenters. The highest BCUT2D eigenvalue weighted by Gasteiger charge is 2.26. The fraction of sp³-hybridized carbons (Fsp3) is 0.409. The minimum absolute atomic E-state index is 0.0627. The van der Waals surface area contributed by atoms with E-state index in [4.69, 9.17) is 20.5 Å². The van der Waals surface area contributed by atoms with E-state index in [1.165, 1.54) is 0 Å². The lowest BCUT2D eigenvalue weighted by molar-refractivity contribution is -0.126. The molecule has 2 aromatic heterocycles. The number of carbonyl (C=O) groups is 1. The SMILES string of the molecule is O=C(NCCSCc1ccco1)C1CCN(Cc2nc(-c3ccccc3Cl)no2)CC1. The topological polar surface area (TPSA) is 84.4 Å². The monoisotopic (exact) mass is 460 g/mol. The average molecular weight is 461 g/mol. The number of piperidine rings is 1. The standard InChI is InChI=1S/C22H25ClN4O3S/c23-19-6-2-1-5-18(19)21-25-20(30-26-21)14-27-10-7-16(8-11-27)22(28)24-9-13-31-15-17-4-3-12-29-17/h1-6,12,16H,7-11,13-15H2,(H,24,28). The Bertz CT molecular complexity index is 971. The Hall–Kier alpha value is -2.29. The van der Waals surface area contributed by atoms with Gasteiger partial charge in [-0.3, -0.25) is 9.69 Å². The van der Waals surface area contributed by atoms with E-state index in [0.717, 1.165) is 48.8 Å². The number of likely N-dealkylation sites (tertiary alicyclic amines) is 1. The second kappa shape index (κ2) is 10.8. The molecule has 1 aliphatic rings. The number of halogens is 1. The van der Waals surface area contributed by atoms with Crippen molar-refractivity contribution in [2.24, 2.45) is 5.92 Å². The summed E-state index contributed by atoms with van der Waals surface area (Å²) >= 11 is 7.96. The maximum atomic E-state index is 12.4. The summed E-state index contributed by atoms with van der Waals surface area (Å²) in [5, 5.41) is 7.71. The van der Waals surface area contributed by atoms with Crippen LogP contribution in [0.1, 0.15) is 24.5 Å². The second-order valence-electron chi connectivity index (χ2n) is 7.46. The van der Waals surface area contributed by atoms with Crippen LogP contribution < -0.4 is 5.32 Å². The molecule has 1 aliphatic heterocycles. The van der Waals surface area contributed by atoms with Crippen molar-refractivity contribution < 1.29 is 13.7 Å². The number of hydrogen-bond acceptors (Lipinski definition) is 7. The Morgan fingerprint density at radius 2 is 2.06 bits per heavy atom. The quantitative estimate of drug-likeness (QED) is 0.478. The predicted octanol–water partition coefficient (Wildman–Crippen LogP) is 4.24. The van der Waals surface area contributed by atoms with Crippen LogP contribution in [0.3, 0.4) is 0 Å². The highest BCUT2D eigenvalue weighted by molar-refractivity contribution is 7.98. The summed E-state index contributed by atoms with van der Waals surface area (Å²) in [7, 11) is 0. The predicted molar refractivity (Wildman–Crippen MR) is 121 cm³/mol. The number of aromatic nitrogens is 2. The highest BCUT2D eigenvalue weighted by Crippen LogP contribution is 2.25. The van der Waals surface area contributed by atoms with Crippen molar-refractivity contribution >= 4 is 29.3 Å². The number of nitrogens with zero attached hydrogens (tertiary/aromatic N) is 3. The first-order valence-corrected chi connectivity index (χ1v) is 11.9. The molecule has 0 bridgehead atoms. The number of carbonyl (C=O) groups excluding carboxylic acids is 1. The molecule has 0 unspecified atom stereocenters. The molecule has 0 spiro atoms. The zero-order valence-electron chi connectivity index (χ0n) is 17.1. The minimum atomic E-state index is 0.0627. The van der Waals surface area contributed by atoms with Gasteiger partial charge >= 0.3 is 0 Å². The summed E-state index contributed by atoms with van der Waals surface area (Å²) < 4.78 is 10.7. The number of benzene rings is 1. The van der Waals surface area contributed by atoms with Crippen molar-refractivity contribution in [1.29, 1.82) is 0 Å². The summed E-state index contributed by atoms with van der Waals surface area (Å²) in [6, 6.07) is 11.3. The number of nitrogens with one attached hydrogen (secondary N) is 1. The lowest BCUT2D eigenvalue weighted by Crippen LogP contribution is -2.40. The summed E-state index contributed by atoms with van der Waals surface area (Å²) in [5.41, 5.74) is 0.761. The van der Waals surface area contributed by atoms with E-state index in [1.807, 2.05) is 30.3 Å². The van der Waals surface area contributed by atoms with Crippen LogP contribution in [-0.2, 0) is 17.1 Å². The number of amides is 1. The van der Waals surface area contributed by atoms with Crippen molar-refractivity contribution in [3.8, 4) is 11.4 Å². The van der Waals surface area contributed by atoms with Gasteiger partial charge in [0.25, 0.3) is 0 Å². The minimum Gasteiger partial charge on any atom is -0.468 e. The van der Waals surface area contributed by atoms with E-state index in [1.54, 1.807) is 24.1 Å². The zero-order chi connectivity index (χ0) is 21.5.